The van der Waals surface area contributed by atoms with E-state index in [1.165, 1.54) is 47.8 Å². The van der Waals surface area contributed by atoms with Gasteiger partial charge in [-0.2, -0.15) is 0 Å². The van der Waals surface area contributed by atoms with E-state index in [1.54, 1.807) is 7.11 Å². The summed E-state index contributed by atoms with van der Waals surface area (Å²) in [5.74, 6) is 0.899. The van der Waals surface area contributed by atoms with Crippen LogP contribution in [0.1, 0.15) is 43.4 Å². The molecule has 3 rings (SSSR count). The minimum atomic E-state index is 0. The number of hydrogen-bond donors (Lipinski definition) is 3. The number of fused-ring (bicyclic) bond motifs is 1. The number of para-hydroxylation sites is 1. The highest BCUT2D eigenvalue weighted by molar-refractivity contribution is 14.0. The number of aryl methyl sites for hydroxylation is 1. The van der Waals surface area contributed by atoms with E-state index in [0.29, 0.717) is 5.41 Å². The normalized spacial score (nSPS) is 16.2. The molecule has 28 heavy (non-hydrogen) atoms. The Morgan fingerprint density at radius 2 is 1.96 bits per heavy atom. The zero-order valence-electron chi connectivity index (χ0n) is 17.4. The van der Waals surface area contributed by atoms with Crippen molar-refractivity contribution in [1.82, 2.24) is 15.6 Å². The monoisotopic (exact) mass is 498 g/mol. The second-order valence-corrected chi connectivity index (χ2v) is 7.83. The summed E-state index contributed by atoms with van der Waals surface area (Å²) in [7, 11) is 3.64. The van der Waals surface area contributed by atoms with Gasteiger partial charge in [-0.15, -0.1) is 24.0 Å². The Morgan fingerprint density at radius 3 is 2.68 bits per heavy atom. The predicted octanol–water partition coefficient (Wildman–Crippen LogP) is 4.40. The summed E-state index contributed by atoms with van der Waals surface area (Å²) in [6.07, 6.45) is 7.34. The van der Waals surface area contributed by atoms with E-state index in [4.69, 9.17) is 4.74 Å². The van der Waals surface area contributed by atoms with Crippen LogP contribution in [0, 0.1) is 12.3 Å². The third-order valence-electron chi connectivity index (χ3n) is 6.05. The van der Waals surface area contributed by atoms with Crippen molar-refractivity contribution in [3.63, 3.8) is 0 Å². The Balaban J connectivity index is 0.00000280. The molecule has 6 heteroatoms. The lowest BCUT2D eigenvalue weighted by Crippen LogP contribution is -2.43. The minimum Gasteiger partial charge on any atom is -0.385 e. The lowest BCUT2D eigenvalue weighted by Gasteiger charge is -2.30. The van der Waals surface area contributed by atoms with Crippen molar-refractivity contribution in [3.8, 4) is 0 Å². The van der Waals surface area contributed by atoms with Gasteiger partial charge in [0.15, 0.2) is 5.96 Å². The highest BCUT2D eigenvalue weighted by Gasteiger charge is 2.33. The number of guanidine groups is 1. The number of methoxy groups -OCH3 is 1. The van der Waals surface area contributed by atoms with Gasteiger partial charge in [0.05, 0.1) is 0 Å². The van der Waals surface area contributed by atoms with E-state index in [9.17, 15) is 0 Å². The molecule has 0 saturated heterocycles. The van der Waals surface area contributed by atoms with Crippen LogP contribution < -0.4 is 10.6 Å². The number of rotatable bonds is 8. The van der Waals surface area contributed by atoms with E-state index >= 15 is 0 Å². The standard InChI is InChI=1S/C22H34N4O.HI/c1-17-18(19-8-4-5-9-20(19)26-17)10-14-24-21(23-2)25-16-22(13-15-27-3)11-6-7-12-22;/h4-5,8-9,26H,6-7,10-16H2,1-3H3,(H2,23,24,25);1H. The SMILES string of the molecule is CN=C(NCCc1c(C)[nH]c2ccccc12)NCC1(CCOC)CCCC1.I. The molecule has 0 radical (unpaired) electrons. The fourth-order valence-corrected chi connectivity index (χ4v) is 4.41. The summed E-state index contributed by atoms with van der Waals surface area (Å²) in [6, 6.07) is 8.52. The largest absolute Gasteiger partial charge is 0.385 e. The molecule has 5 nitrogen and oxygen atoms in total. The van der Waals surface area contributed by atoms with E-state index in [1.807, 2.05) is 7.05 Å². The maximum Gasteiger partial charge on any atom is 0.191 e. The summed E-state index contributed by atoms with van der Waals surface area (Å²) in [5.41, 5.74) is 4.22. The second kappa shape index (κ2) is 11.0. The van der Waals surface area contributed by atoms with Gasteiger partial charge in [0.1, 0.15) is 0 Å². The number of benzene rings is 1. The Kier molecular flexibility index (Phi) is 9.08. The molecule has 2 aromatic rings. The molecule has 1 aliphatic rings. The van der Waals surface area contributed by atoms with Crippen LogP contribution >= 0.6 is 24.0 Å². The molecule has 1 aromatic carbocycles. The fraction of sp³-hybridized carbons (Fsp3) is 0.591. The zero-order chi connectivity index (χ0) is 19.1. The number of nitrogens with zero attached hydrogens (tertiary/aromatic N) is 1. The molecule has 1 fully saturated rings. The number of ether oxygens (including phenoxy) is 1. The van der Waals surface area contributed by atoms with Gasteiger partial charge in [0, 0.05) is 50.5 Å². The number of aromatic amines is 1. The van der Waals surface area contributed by atoms with Gasteiger partial charge >= 0.3 is 0 Å². The van der Waals surface area contributed by atoms with Gasteiger partial charge in [-0.1, -0.05) is 31.0 Å². The molecular formula is C22H35IN4O. The first-order chi connectivity index (χ1) is 13.2. The van der Waals surface area contributed by atoms with E-state index in [-0.39, 0.29) is 24.0 Å². The van der Waals surface area contributed by atoms with Crippen molar-refractivity contribution < 1.29 is 4.74 Å². The van der Waals surface area contributed by atoms with Crippen LogP contribution in [0.5, 0.6) is 0 Å². The van der Waals surface area contributed by atoms with Gasteiger partial charge in [0.25, 0.3) is 0 Å². The van der Waals surface area contributed by atoms with E-state index in [2.05, 4.69) is 51.8 Å². The molecule has 1 aliphatic carbocycles. The first-order valence-electron chi connectivity index (χ1n) is 10.2. The van der Waals surface area contributed by atoms with Gasteiger partial charge in [0.2, 0.25) is 0 Å². The molecular weight excluding hydrogens is 463 g/mol. The van der Waals surface area contributed by atoms with Crippen LogP contribution in [0.2, 0.25) is 0 Å². The lowest BCUT2D eigenvalue weighted by atomic mass is 9.83. The summed E-state index contributed by atoms with van der Waals surface area (Å²) in [5, 5.41) is 8.38. The number of aliphatic imine (C=N–C) groups is 1. The highest BCUT2D eigenvalue weighted by Crippen LogP contribution is 2.40. The van der Waals surface area contributed by atoms with E-state index in [0.717, 1.165) is 38.5 Å². The molecule has 0 bridgehead atoms. The summed E-state index contributed by atoms with van der Waals surface area (Å²) in [6.45, 7) is 4.84. The summed E-state index contributed by atoms with van der Waals surface area (Å²) < 4.78 is 5.34. The maximum atomic E-state index is 5.34. The molecule has 1 saturated carbocycles. The third kappa shape index (κ3) is 5.63. The number of aromatic nitrogens is 1. The van der Waals surface area contributed by atoms with Crippen molar-refractivity contribution in [2.75, 3.05) is 33.9 Å². The quantitative estimate of drug-likeness (QED) is 0.287. The van der Waals surface area contributed by atoms with Crippen LogP contribution in [-0.2, 0) is 11.2 Å². The average Bonchev–Trinajstić information content (AvgIpc) is 3.28. The number of H-pyrrole nitrogens is 1. The second-order valence-electron chi connectivity index (χ2n) is 7.83. The zero-order valence-corrected chi connectivity index (χ0v) is 19.8. The van der Waals surface area contributed by atoms with Crippen LogP contribution in [0.15, 0.2) is 29.3 Å². The van der Waals surface area contributed by atoms with Crippen LogP contribution in [0.25, 0.3) is 10.9 Å². The molecule has 1 heterocycles. The molecule has 0 spiro atoms. The smallest absolute Gasteiger partial charge is 0.191 e. The van der Waals surface area contributed by atoms with Gasteiger partial charge in [-0.05, 0) is 49.7 Å². The van der Waals surface area contributed by atoms with Crippen molar-refractivity contribution in [3.05, 3.63) is 35.5 Å². The molecule has 1 aromatic heterocycles. The molecule has 156 valence electrons. The Bertz CT molecular complexity index is 765. The molecule has 0 amide bonds. The number of halogens is 1. The first-order valence-corrected chi connectivity index (χ1v) is 10.2. The van der Waals surface area contributed by atoms with Crippen molar-refractivity contribution in [2.24, 2.45) is 10.4 Å². The molecule has 0 atom stereocenters. The van der Waals surface area contributed by atoms with Crippen LogP contribution in [0.4, 0.5) is 0 Å². The first kappa shape index (κ1) is 23.0. The third-order valence-corrected chi connectivity index (χ3v) is 6.05. The van der Waals surface area contributed by atoms with Gasteiger partial charge < -0.3 is 20.4 Å². The molecule has 0 aliphatic heterocycles. The summed E-state index contributed by atoms with van der Waals surface area (Å²) >= 11 is 0. The molecule has 3 N–H and O–H groups in total. The fourth-order valence-electron chi connectivity index (χ4n) is 4.41. The predicted molar refractivity (Wildman–Crippen MR) is 129 cm³/mol. The maximum absolute atomic E-state index is 5.34. The lowest BCUT2D eigenvalue weighted by molar-refractivity contribution is 0.138. The number of hydrogen-bond acceptors (Lipinski definition) is 2. The topological polar surface area (TPSA) is 61.4 Å². The average molecular weight is 498 g/mol. The minimum absolute atomic E-state index is 0. The molecule has 0 unspecified atom stereocenters. The Morgan fingerprint density at radius 1 is 1.21 bits per heavy atom. The van der Waals surface area contributed by atoms with Gasteiger partial charge in [-0.3, -0.25) is 4.99 Å². The van der Waals surface area contributed by atoms with E-state index < -0.39 is 0 Å². The Hall–Kier alpha value is -1.28. The van der Waals surface area contributed by atoms with Crippen LogP contribution in [0.3, 0.4) is 0 Å². The van der Waals surface area contributed by atoms with Crippen LogP contribution in [-0.4, -0.2) is 44.8 Å². The van der Waals surface area contributed by atoms with Crippen molar-refractivity contribution in [2.45, 2.75) is 45.4 Å². The van der Waals surface area contributed by atoms with Crippen molar-refractivity contribution in [1.29, 1.82) is 0 Å². The highest BCUT2D eigenvalue weighted by atomic mass is 127. The van der Waals surface area contributed by atoms with Gasteiger partial charge in [-0.25, -0.2) is 0 Å². The van der Waals surface area contributed by atoms with Crippen molar-refractivity contribution >= 4 is 40.8 Å². The summed E-state index contributed by atoms with van der Waals surface area (Å²) in [4.78, 5) is 7.90. The number of nitrogens with one attached hydrogen (secondary N) is 3. The Labute approximate surface area is 186 Å².